The van der Waals surface area contributed by atoms with E-state index in [1.54, 1.807) is 0 Å². The molecular weight excluding hydrogens is 316 g/mol. The highest BCUT2D eigenvalue weighted by Crippen LogP contribution is 2.45. The van der Waals surface area contributed by atoms with Gasteiger partial charge < -0.3 is 5.32 Å². The van der Waals surface area contributed by atoms with Crippen LogP contribution in [0.2, 0.25) is 0 Å². The van der Waals surface area contributed by atoms with Crippen LogP contribution in [0.1, 0.15) is 61.9 Å². The fourth-order valence-corrected chi connectivity index (χ4v) is 6.58. The van der Waals surface area contributed by atoms with E-state index >= 15 is 0 Å². The zero-order valence-corrected chi connectivity index (χ0v) is 16.3. The summed E-state index contributed by atoms with van der Waals surface area (Å²) in [5, 5.41) is 6.99. The highest BCUT2D eigenvalue weighted by atomic mass is 32.2. The molecule has 1 fully saturated rings. The summed E-state index contributed by atoms with van der Waals surface area (Å²) in [5.74, 6) is 1.21. The minimum Gasteiger partial charge on any atom is -0.310 e. The number of hydrogen-bond donors (Lipinski definition) is 1. The summed E-state index contributed by atoms with van der Waals surface area (Å²) in [6.45, 7) is 12.3. The van der Waals surface area contributed by atoms with Crippen LogP contribution in [0.3, 0.4) is 0 Å². The van der Waals surface area contributed by atoms with Crippen LogP contribution in [-0.2, 0) is 13.0 Å². The predicted molar refractivity (Wildman–Crippen MR) is 99.8 cm³/mol. The zero-order valence-electron chi connectivity index (χ0n) is 13.8. The topological polar surface area (TPSA) is 24.9 Å². The van der Waals surface area contributed by atoms with Crippen molar-refractivity contribution in [2.75, 3.05) is 5.75 Å². The maximum Gasteiger partial charge on any atom is 0.107 e. The van der Waals surface area contributed by atoms with Crippen molar-refractivity contribution in [3.05, 3.63) is 15.6 Å². The van der Waals surface area contributed by atoms with E-state index < -0.39 is 0 Å². The largest absolute Gasteiger partial charge is 0.310 e. The summed E-state index contributed by atoms with van der Waals surface area (Å²) in [4.78, 5) is 6.46. The van der Waals surface area contributed by atoms with E-state index in [9.17, 15) is 0 Å². The van der Waals surface area contributed by atoms with Crippen LogP contribution in [0.25, 0.3) is 0 Å². The first-order valence-corrected chi connectivity index (χ1v) is 10.8. The van der Waals surface area contributed by atoms with Gasteiger partial charge in [0, 0.05) is 33.7 Å². The zero-order chi connectivity index (χ0) is 15.4. The van der Waals surface area contributed by atoms with Gasteiger partial charge >= 0.3 is 0 Å². The molecule has 2 nitrogen and oxygen atoms in total. The molecule has 0 aliphatic carbocycles. The second-order valence-corrected chi connectivity index (χ2v) is 10.2. The molecule has 2 rings (SSSR count). The highest BCUT2D eigenvalue weighted by molar-refractivity contribution is 8.07. The third-order valence-electron chi connectivity index (χ3n) is 3.78. The number of hydrogen-bond acceptors (Lipinski definition) is 5. The Morgan fingerprint density at radius 3 is 2.67 bits per heavy atom. The van der Waals surface area contributed by atoms with E-state index in [1.807, 2.05) is 11.3 Å². The number of rotatable bonds is 6. The lowest BCUT2D eigenvalue weighted by Gasteiger charge is -2.30. The van der Waals surface area contributed by atoms with Crippen molar-refractivity contribution in [1.29, 1.82) is 0 Å². The number of thiazole rings is 1. The molecule has 1 aromatic rings. The fraction of sp³-hybridized carbons (Fsp3) is 0.812. The highest BCUT2D eigenvalue weighted by Gasteiger charge is 2.29. The molecule has 2 heterocycles. The molecule has 0 amide bonds. The summed E-state index contributed by atoms with van der Waals surface area (Å²) >= 11 is 6.17. The molecular formula is C16H28N2S3. The van der Waals surface area contributed by atoms with Crippen LogP contribution < -0.4 is 5.32 Å². The van der Waals surface area contributed by atoms with Crippen molar-refractivity contribution in [3.8, 4) is 0 Å². The number of aromatic nitrogens is 1. The molecule has 1 aliphatic heterocycles. The van der Waals surface area contributed by atoms with Gasteiger partial charge in [-0.15, -0.1) is 23.1 Å². The number of nitrogens with one attached hydrogen (secondary N) is 1. The van der Waals surface area contributed by atoms with Crippen LogP contribution in [0.4, 0.5) is 0 Å². The quantitative estimate of drug-likeness (QED) is 0.794. The van der Waals surface area contributed by atoms with Crippen LogP contribution in [0.15, 0.2) is 0 Å². The summed E-state index contributed by atoms with van der Waals surface area (Å²) in [7, 11) is 0. The Bertz CT molecular complexity index is 445. The van der Waals surface area contributed by atoms with E-state index in [4.69, 9.17) is 4.98 Å². The summed E-state index contributed by atoms with van der Waals surface area (Å²) < 4.78 is 0. The summed E-state index contributed by atoms with van der Waals surface area (Å²) in [5.41, 5.74) is 1.34. The van der Waals surface area contributed by atoms with Gasteiger partial charge in [0.15, 0.2) is 0 Å². The second kappa shape index (κ2) is 8.23. The molecule has 21 heavy (non-hydrogen) atoms. The Morgan fingerprint density at radius 1 is 1.29 bits per heavy atom. The summed E-state index contributed by atoms with van der Waals surface area (Å²) in [6, 6.07) is 0.533. The normalized spacial score (nSPS) is 26.5. The lowest BCUT2D eigenvalue weighted by atomic mass is 10.2. The van der Waals surface area contributed by atoms with Gasteiger partial charge in [0.05, 0.1) is 10.9 Å². The van der Waals surface area contributed by atoms with Crippen LogP contribution >= 0.6 is 34.9 Å². The molecule has 0 saturated carbocycles. The number of thioether (sulfide) groups is 2. The lowest BCUT2D eigenvalue weighted by Crippen LogP contribution is -2.21. The van der Waals surface area contributed by atoms with E-state index in [1.165, 1.54) is 27.8 Å². The monoisotopic (exact) mass is 344 g/mol. The first kappa shape index (κ1) is 17.6. The van der Waals surface area contributed by atoms with E-state index in [2.05, 4.69) is 63.5 Å². The first-order valence-electron chi connectivity index (χ1n) is 8.00. The Hall–Kier alpha value is 0.290. The third kappa shape index (κ3) is 4.88. The van der Waals surface area contributed by atoms with Crippen LogP contribution in [-0.4, -0.2) is 27.3 Å². The maximum atomic E-state index is 5.01. The van der Waals surface area contributed by atoms with Crippen LogP contribution in [0, 0.1) is 0 Å². The fourth-order valence-electron chi connectivity index (χ4n) is 2.32. The summed E-state index contributed by atoms with van der Waals surface area (Å²) in [6.07, 6.45) is 2.29. The molecule has 0 bridgehead atoms. The standard InChI is InChI=1S/C16H28N2S3/c1-6-7-13-14(8-17-10(2)3)21-16(18-13)15-9-19-11(4)12(5)20-15/h10-12,15,17H,6-9H2,1-5H3. The minimum absolute atomic E-state index is 0.533. The molecule has 120 valence electrons. The van der Waals surface area contributed by atoms with Crippen molar-refractivity contribution in [3.63, 3.8) is 0 Å². The second-order valence-electron chi connectivity index (χ2n) is 6.08. The van der Waals surface area contributed by atoms with E-state index in [0.717, 1.165) is 23.5 Å². The van der Waals surface area contributed by atoms with Crippen molar-refractivity contribution >= 4 is 34.9 Å². The SMILES string of the molecule is CCCc1nc(C2CSC(C)C(C)S2)sc1CNC(C)C. The van der Waals surface area contributed by atoms with Crippen molar-refractivity contribution in [2.45, 2.75) is 75.8 Å². The Labute approximate surface area is 142 Å². The molecule has 0 aromatic carbocycles. The van der Waals surface area contributed by atoms with E-state index in [-0.39, 0.29) is 0 Å². The molecule has 0 radical (unpaired) electrons. The molecule has 1 N–H and O–H groups in total. The lowest BCUT2D eigenvalue weighted by molar-refractivity contribution is 0.589. The molecule has 5 heteroatoms. The van der Waals surface area contributed by atoms with Gasteiger partial charge in [-0.1, -0.05) is 41.0 Å². The molecule has 1 aliphatic rings. The molecule has 0 spiro atoms. The molecule has 3 atom stereocenters. The average molecular weight is 345 g/mol. The smallest absolute Gasteiger partial charge is 0.107 e. The van der Waals surface area contributed by atoms with Crippen molar-refractivity contribution in [1.82, 2.24) is 10.3 Å². The maximum absolute atomic E-state index is 5.01. The number of aryl methyl sites for hydroxylation is 1. The van der Waals surface area contributed by atoms with Gasteiger partial charge in [0.1, 0.15) is 5.01 Å². The Kier molecular flexibility index (Phi) is 6.91. The average Bonchev–Trinajstić information content (AvgIpc) is 2.83. The first-order chi connectivity index (χ1) is 10.0. The van der Waals surface area contributed by atoms with E-state index in [0.29, 0.717) is 11.3 Å². The van der Waals surface area contributed by atoms with Gasteiger partial charge in [-0.25, -0.2) is 4.98 Å². The minimum atomic E-state index is 0.533. The molecule has 1 aromatic heterocycles. The van der Waals surface area contributed by atoms with Crippen LogP contribution in [0.5, 0.6) is 0 Å². The van der Waals surface area contributed by atoms with Gasteiger partial charge in [-0.2, -0.15) is 11.8 Å². The Morgan fingerprint density at radius 2 is 2.05 bits per heavy atom. The van der Waals surface area contributed by atoms with Crippen molar-refractivity contribution < 1.29 is 0 Å². The van der Waals surface area contributed by atoms with Gasteiger partial charge in [0.2, 0.25) is 0 Å². The predicted octanol–water partition coefficient (Wildman–Crippen LogP) is 4.89. The van der Waals surface area contributed by atoms with Gasteiger partial charge in [-0.05, 0) is 6.42 Å². The Balaban J connectivity index is 2.10. The third-order valence-corrected chi connectivity index (χ3v) is 8.54. The van der Waals surface area contributed by atoms with Gasteiger partial charge in [0.25, 0.3) is 0 Å². The number of nitrogens with zero attached hydrogens (tertiary/aromatic N) is 1. The molecule has 3 unspecified atom stereocenters. The van der Waals surface area contributed by atoms with Crippen molar-refractivity contribution in [2.24, 2.45) is 0 Å². The molecule has 1 saturated heterocycles. The van der Waals surface area contributed by atoms with Gasteiger partial charge in [-0.3, -0.25) is 0 Å².